The van der Waals surface area contributed by atoms with Crippen molar-refractivity contribution in [3.8, 4) is 0 Å². The van der Waals surface area contributed by atoms with Crippen LogP contribution in [-0.2, 0) is 11.3 Å². The molecule has 2 heterocycles. The van der Waals surface area contributed by atoms with Crippen LogP contribution < -0.4 is 16.0 Å². The van der Waals surface area contributed by atoms with Crippen molar-refractivity contribution >= 4 is 34.4 Å². The number of anilines is 1. The first-order valence-electron chi connectivity index (χ1n) is 15.8. The van der Waals surface area contributed by atoms with E-state index in [-0.39, 0.29) is 23.8 Å². The molecule has 1 aliphatic rings. The van der Waals surface area contributed by atoms with Gasteiger partial charge in [-0.25, -0.2) is 4.79 Å². The molecular weight excluding hydrogens is 564 g/mol. The predicted molar refractivity (Wildman–Crippen MR) is 179 cm³/mol. The Kier molecular flexibility index (Phi) is 10.2. The number of likely N-dealkylation sites (tertiary alicyclic amines) is 1. The molecule has 0 unspecified atom stereocenters. The van der Waals surface area contributed by atoms with Crippen LogP contribution in [0.4, 0.5) is 10.5 Å². The van der Waals surface area contributed by atoms with E-state index in [1.54, 1.807) is 11.0 Å². The average molecular weight is 609 g/mol. The number of carbonyl (C=O) groups is 3. The Labute approximate surface area is 265 Å². The van der Waals surface area contributed by atoms with E-state index in [4.69, 9.17) is 0 Å². The summed E-state index contributed by atoms with van der Waals surface area (Å²) in [6.45, 7) is 6.12. The van der Waals surface area contributed by atoms with Gasteiger partial charge in [0.2, 0.25) is 5.91 Å². The van der Waals surface area contributed by atoms with Gasteiger partial charge < -0.3 is 30.7 Å². The van der Waals surface area contributed by atoms with Crippen molar-refractivity contribution in [3.63, 3.8) is 0 Å². The molecule has 0 aliphatic carbocycles. The highest BCUT2D eigenvalue weighted by Crippen LogP contribution is 2.31. The lowest BCUT2D eigenvalue weighted by atomic mass is 9.89. The van der Waals surface area contributed by atoms with Gasteiger partial charge in [0, 0.05) is 49.2 Å². The summed E-state index contributed by atoms with van der Waals surface area (Å²) >= 11 is 0. The largest absolute Gasteiger partial charge is 0.361 e. The molecule has 4 N–H and O–H groups in total. The van der Waals surface area contributed by atoms with Gasteiger partial charge in [-0.2, -0.15) is 0 Å². The summed E-state index contributed by atoms with van der Waals surface area (Å²) in [6.07, 6.45) is 3.63. The Morgan fingerprint density at radius 3 is 2.40 bits per heavy atom. The second-order valence-corrected chi connectivity index (χ2v) is 12.1. The Bertz CT molecular complexity index is 1620. The molecule has 1 aromatic heterocycles. The standard InChI is InChI=1S/C36H44N6O3/c1-5-37-34(43)29-16-15-25(23-41(3)4)21-32(29)39-35(44)33(24(2)30-22-38-31-14-10-9-13-28(30)31)40-36(45)42-19-17-27(18-20-42)26-11-7-6-8-12-26/h6-16,21-22,24,27,33,38H,5,17-20,23H2,1-4H3,(H,37,43)(H,39,44)(H,40,45)/t24-,33+/m0/s1. The molecule has 0 radical (unpaired) electrons. The van der Waals surface area contributed by atoms with Gasteiger partial charge in [-0.15, -0.1) is 0 Å². The van der Waals surface area contributed by atoms with Gasteiger partial charge in [0.1, 0.15) is 6.04 Å². The molecule has 1 fully saturated rings. The number of aromatic nitrogens is 1. The van der Waals surface area contributed by atoms with Crippen LogP contribution in [0.2, 0.25) is 0 Å². The van der Waals surface area contributed by atoms with Crippen molar-refractivity contribution in [1.82, 2.24) is 25.4 Å². The van der Waals surface area contributed by atoms with Gasteiger partial charge in [0.25, 0.3) is 5.91 Å². The number of amides is 4. The number of piperidine rings is 1. The van der Waals surface area contributed by atoms with Gasteiger partial charge in [-0.3, -0.25) is 9.59 Å². The van der Waals surface area contributed by atoms with E-state index in [9.17, 15) is 14.4 Å². The lowest BCUT2D eigenvalue weighted by Gasteiger charge is -2.34. The van der Waals surface area contributed by atoms with E-state index in [0.29, 0.717) is 43.3 Å². The van der Waals surface area contributed by atoms with Crippen LogP contribution in [0.25, 0.3) is 10.9 Å². The summed E-state index contributed by atoms with van der Waals surface area (Å²) in [5.74, 6) is -0.616. The zero-order valence-electron chi connectivity index (χ0n) is 26.6. The maximum atomic E-state index is 14.2. The monoisotopic (exact) mass is 608 g/mol. The predicted octanol–water partition coefficient (Wildman–Crippen LogP) is 5.68. The maximum absolute atomic E-state index is 14.2. The fourth-order valence-corrected chi connectivity index (χ4v) is 6.26. The van der Waals surface area contributed by atoms with Gasteiger partial charge in [-0.05, 0) is 74.7 Å². The first-order chi connectivity index (χ1) is 21.7. The van der Waals surface area contributed by atoms with Crippen molar-refractivity contribution in [1.29, 1.82) is 0 Å². The van der Waals surface area contributed by atoms with Crippen LogP contribution in [0, 0.1) is 0 Å². The van der Waals surface area contributed by atoms with E-state index < -0.39 is 6.04 Å². The number of nitrogens with one attached hydrogen (secondary N) is 4. The molecule has 4 amide bonds. The van der Waals surface area contributed by atoms with Gasteiger partial charge >= 0.3 is 6.03 Å². The highest BCUT2D eigenvalue weighted by atomic mass is 16.2. The Balaban J connectivity index is 1.41. The van der Waals surface area contributed by atoms with Crippen molar-refractivity contribution in [2.75, 3.05) is 39.0 Å². The highest BCUT2D eigenvalue weighted by Gasteiger charge is 2.33. The normalized spacial score (nSPS) is 15.1. The van der Waals surface area contributed by atoms with Crippen LogP contribution >= 0.6 is 0 Å². The number of nitrogens with zero attached hydrogens (tertiary/aromatic N) is 2. The summed E-state index contributed by atoms with van der Waals surface area (Å²) in [6, 6.07) is 22.7. The molecule has 1 aliphatic heterocycles. The van der Waals surface area contributed by atoms with Crippen molar-refractivity contribution in [2.24, 2.45) is 0 Å². The number of hydrogen-bond donors (Lipinski definition) is 4. The fourth-order valence-electron chi connectivity index (χ4n) is 6.26. The van der Waals surface area contributed by atoms with Crippen molar-refractivity contribution in [2.45, 2.75) is 51.1 Å². The molecule has 9 heteroatoms. The first-order valence-corrected chi connectivity index (χ1v) is 15.8. The molecule has 2 atom stereocenters. The lowest BCUT2D eigenvalue weighted by Crippen LogP contribution is -2.53. The summed E-state index contributed by atoms with van der Waals surface area (Å²) in [4.78, 5) is 48.1. The third-order valence-electron chi connectivity index (χ3n) is 8.65. The number of para-hydroxylation sites is 1. The molecule has 3 aromatic carbocycles. The zero-order chi connectivity index (χ0) is 31.9. The smallest absolute Gasteiger partial charge is 0.318 e. The summed E-state index contributed by atoms with van der Waals surface area (Å²) in [5.41, 5.74) is 4.93. The Hall–Kier alpha value is -4.63. The van der Waals surface area contributed by atoms with Crippen LogP contribution in [0.15, 0.2) is 79.0 Å². The third-order valence-corrected chi connectivity index (χ3v) is 8.65. The van der Waals surface area contributed by atoms with Crippen molar-refractivity contribution < 1.29 is 14.4 Å². The maximum Gasteiger partial charge on any atom is 0.318 e. The minimum Gasteiger partial charge on any atom is -0.361 e. The van der Waals surface area contributed by atoms with Crippen LogP contribution in [-0.4, -0.2) is 72.4 Å². The number of carbonyl (C=O) groups excluding carboxylic acids is 3. The van der Waals surface area contributed by atoms with Crippen LogP contribution in [0.5, 0.6) is 0 Å². The van der Waals surface area contributed by atoms with Crippen LogP contribution in [0.3, 0.4) is 0 Å². The molecule has 0 bridgehead atoms. The Morgan fingerprint density at radius 2 is 1.69 bits per heavy atom. The summed E-state index contributed by atoms with van der Waals surface area (Å²) in [7, 11) is 3.93. The number of hydrogen-bond acceptors (Lipinski definition) is 4. The molecule has 1 saturated heterocycles. The highest BCUT2D eigenvalue weighted by molar-refractivity contribution is 6.06. The van der Waals surface area contributed by atoms with E-state index >= 15 is 0 Å². The van der Waals surface area contributed by atoms with Gasteiger partial charge in [-0.1, -0.05) is 61.5 Å². The molecule has 236 valence electrons. The van der Waals surface area contributed by atoms with Gasteiger partial charge in [0.15, 0.2) is 0 Å². The van der Waals surface area contributed by atoms with E-state index in [0.717, 1.165) is 34.9 Å². The number of rotatable bonds is 10. The average Bonchev–Trinajstić information content (AvgIpc) is 3.48. The number of fused-ring (bicyclic) bond motifs is 1. The second kappa shape index (κ2) is 14.4. The van der Waals surface area contributed by atoms with Crippen molar-refractivity contribution in [3.05, 3.63) is 101 Å². The fraction of sp³-hybridized carbons (Fsp3) is 0.361. The number of benzene rings is 3. The molecule has 4 aromatic rings. The Morgan fingerprint density at radius 1 is 0.978 bits per heavy atom. The number of aromatic amines is 1. The minimum absolute atomic E-state index is 0.265. The molecular formula is C36H44N6O3. The minimum atomic E-state index is -0.900. The molecule has 0 spiro atoms. The molecule has 0 saturated carbocycles. The quantitative estimate of drug-likeness (QED) is 0.186. The molecule has 9 nitrogen and oxygen atoms in total. The SMILES string of the molecule is CCNC(=O)c1ccc(CN(C)C)cc1NC(=O)[C@H](NC(=O)N1CCC(c2ccccc2)CC1)[C@@H](C)c1c[nH]c2ccccc12. The van der Waals surface area contributed by atoms with E-state index in [1.807, 2.05) is 81.5 Å². The van der Waals surface area contributed by atoms with Gasteiger partial charge in [0.05, 0.1) is 11.3 Å². The third kappa shape index (κ3) is 7.54. The van der Waals surface area contributed by atoms with E-state index in [1.165, 1.54) is 5.56 Å². The molecule has 45 heavy (non-hydrogen) atoms. The first kappa shape index (κ1) is 31.8. The number of urea groups is 1. The van der Waals surface area contributed by atoms with Crippen LogP contribution in [0.1, 0.15) is 65.6 Å². The lowest BCUT2D eigenvalue weighted by molar-refractivity contribution is -0.118. The summed E-state index contributed by atoms with van der Waals surface area (Å²) in [5, 5.41) is 9.95. The molecule has 5 rings (SSSR count). The number of H-pyrrole nitrogens is 1. The second-order valence-electron chi connectivity index (χ2n) is 12.1. The zero-order valence-corrected chi connectivity index (χ0v) is 26.6. The van der Waals surface area contributed by atoms with E-state index in [2.05, 4.69) is 45.2 Å². The summed E-state index contributed by atoms with van der Waals surface area (Å²) < 4.78 is 0. The topological polar surface area (TPSA) is 110 Å².